The number of carbonyl (C=O) groups is 4. The summed E-state index contributed by atoms with van der Waals surface area (Å²) < 4.78 is 1.73. The van der Waals surface area contributed by atoms with Gasteiger partial charge >= 0.3 is 0 Å². The normalized spacial score (nSPS) is 28.3. The minimum Gasteiger partial charge on any atom is -0.385 e. The molecular weight excluding hydrogens is 554 g/mol. The molecule has 0 spiro atoms. The molecule has 3 heterocycles. The third-order valence-electron chi connectivity index (χ3n) is 10.9. The third-order valence-corrected chi connectivity index (χ3v) is 10.9. The zero-order valence-electron chi connectivity index (χ0n) is 26.8. The molecule has 1 aromatic heterocycles. The summed E-state index contributed by atoms with van der Waals surface area (Å²) in [6.07, 6.45) is 12.3. The zero-order valence-corrected chi connectivity index (χ0v) is 26.8. The van der Waals surface area contributed by atoms with Gasteiger partial charge in [-0.15, -0.1) is 0 Å². The average Bonchev–Trinajstić information content (AvgIpc) is 3.42. The van der Waals surface area contributed by atoms with E-state index in [4.69, 9.17) is 5.10 Å². The van der Waals surface area contributed by atoms with Gasteiger partial charge in [0.1, 0.15) is 12.2 Å². The first-order valence-corrected chi connectivity index (χ1v) is 17.1. The molecule has 0 unspecified atom stereocenters. The second-order valence-electron chi connectivity index (χ2n) is 14.2. The summed E-state index contributed by atoms with van der Waals surface area (Å²) in [5.41, 5.74) is 3.08. The van der Waals surface area contributed by atoms with Crippen molar-refractivity contribution < 1.29 is 19.2 Å². The fourth-order valence-corrected chi connectivity index (χ4v) is 8.26. The van der Waals surface area contributed by atoms with Crippen LogP contribution in [0.25, 0.3) is 10.9 Å². The van der Waals surface area contributed by atoms with Crippen LogP contribution in [0.4, 0.5) is 5.69 Å². The number of nitrogens with one attached hydrogen (secondary N) is 2. The van der Waals surface area contributed by atoms with Gasteiger partial charge in [0.25, 0.3) is 0 Å². The number of Topliss-reactive ketones (excluding diaryl/α,β-unsaturated/α-hetero) is 2. The Kier molecular flexibility index (Phi) is 8.84. The smallest absolute Gasteiger partial charge is 0.245 e. The Morgan fingerprint density at radius 3 is 2.59 bits per heavy atom. The number of aromatic nitrogens is 2. The largest absolute Gasteiger partial charge is 0.385 e. The molecule has 0 radical (unpaired) electrons. The number of piperidine rings is 1. The predicted octanol–water partition coefficient (Wildman–Crippen LogP) is 5.44. The van der Waals surface area contributed by atoms with Gasteiger partial charge in [-0.1, -0.05) is 46.0 Å². The van der Waals surface area contributed by atoms with E-state index in [1.165, 1.54) is 32.1 Å². The highest BCUT2D eigenvalue weighted by atomic mass is 16.2. The Bertz CT molecular complexity index is 1440. The van der Waals surface area contributed by atoms with E-state index < -0.39 is 6.04 Å². The van der Waals surface area contributed by atoms with Crippen molar-refractivity contribution in [3.8, 4) is 0 Å². The Hall–Kier alpha value is -3.23. The molecule has 2 saturated carbocycles. The van der Waals surface area contributed by atoms with E-state index in [1.54, 1.807) is 16.5 Å². The number of hydrogen-bond acceptors (Lipinski definition) is 6. The van der Waals surface area contributed by atoms with Crippen molar-refractivity contribution in [2.24, 2.45) is 17.3 Å². The van der Waals surface area contributed by atoms with Crippen molar-refractivity contribution in [3.05, 3.63) is 23.4 Å². The summed E-state index contributed by atoms with van der Waals surface area (Å²) in [7, 11) is 0. The van der Waals surface area contributed by atoms with Crippen LogP contribution in [0.5, 0.6) is 0 Å². The van der Waals surface area contributed by atoms with Crippen molar-refractivity contribution in [3.63, 3.8) is 0 Å². The Morgan fingerprint density at radius 1 is 1.07 bits per heavy atom. The molecule has 1 aromatic carbocycles. The summed E-state index contributed by atoms with van der Waals surface area (Å²) in [5.74, 6) is 0.780. The van der Waals surface area contributed by atoms with Gasteiger partial charge in [-0.2, -0.15) is 5.10 Å². The van der Waals surface area contributed by atoms with Crippen molar-refractivity contribution in [1.29, 1.82) is 0 Å². The highest BCUT2D eigenvalue weighted by Gasteiger charge is 2.66. The van der Waals surface area contributed by atoms with Crippen LogP contribution in [-0.4, -0.2) is 63.2 Å². The second-order valence-corrected chi connectivity index (χ2v) is 14.2. The number of nitrogens with zero attached hydrogens (tertiary/aromatic N) is 3. The quantitative estimate of drug-likeness (QED) is 0.425. The molecule has 9 heteroatoms. The number of anilines is 1. The van der Waals surface area contributed by atoms with Gasteiger partial charge in [-0.25, -0.2) is 0 Å². The number of carbonyl (C=O) groups excluding carboxylic acids is 4. The minimum atomic E-state index is -0.481. The second kappa shape index (κ2) is 12.6. The topological polar surface area (TPSA) is 113 Å². The number of hydrogen-bond donors (Lipinski definition) is 2. The molecule has 44 heavy (non-hydrogen) atoms. The Morgan fingerprint density at radius 2 is 1.84 bits per heavy atom. The van der Waals surface area contributed by atoms with Crippen molar-refractivity contribution in [1.82, 2.24) is 20.0 Å². The molecule has 6 rings (SSSR count). The van der Waals surface area contributed by atoms with Crippen LogP contribution in [0.2, 0.25) is 0 Å². The summed E-state index contributed by atoms with van der Waals surface area (Å²) in [6.45, 7) is 6.92. The molecule has 2 N–H and O–H groups in total. The van der Waals surface area contributed by atoms with Crippen LogP contribution in [0.1, 0.15) is 114 Å². The fraction of sp³-hybridized carbons (Fsp3) is 0.686. The molecule has 2 aliphatic heterocycles. The summed E-state index contributed by atoms with van der Waals surface area (Å²) in [5, 5.41) is 12.4. The summed E-state index contributed by atoms with van der Waals surface area (Å²) in [4.78, 5) is 54.7. The van der Waals surface area contributed by atoms with E-state index in [0.29, 0.717) is 37.4 Å². The zero-order chi connectivity index (χ0) is 31.0. The maximum Gasteiger partial charge on any atom is 0.245 e. The van der Waals surface area contributed by atoms with Crippen LogP contribution in [0.15, 0.2) is 12.1 Å². The Labute approximate surface area is 260 Å². The molecular formula is C35H49N5O4. The SMILES string of the molecule is CCC(=O)[C@@H]1C[C@]23CNC(=O)C[C@H](C)CCCCc4cc(NCC5CCCCC5)cc5c(C(C)=O)nn(c45)CC(=O)N1[C@@H]2C3. The minimum absolute atomic E-state index is 0.0188. The first kappa shape index (κ1) is 30.8. The van der Waals surface area contributed by atoms with Crippen LogP contribution in [-0.2, 0) is 27.3 Å². The number of aryl methyl sites for hydroxylation is 1. The number of ketones is 2. The van der Waals surface area contributed by atoms with Gasteiger partial charge in [-0.3, -0.25) is 23.9 Å². The van der Waals surface area contributed by atoms with Gasteiger partial charge in [0.2, 0.25) is 11.8 Å². The molecule has 4 aliphatic rings. The summed E-state index contributed by atoms with van der Waals surface area (Å²) in [6, 6.07) is 3.69. The van der Waals surface area contributed by atoms with Gasteiger partial charge < -0.3 is 15.5 Å². The van der Waals surface area contributed by atoms with Crippen LogP contribution in [0.3, 0.4) is 0 Å². The van der Waals surface area contributed by atoms with E-state index in [9.17, 15) is 19.2 Å². The first-order valence-electron chi connectivity index (χ1n) is 17.1. The van der Waals surface area contributed by atoms with Crippen molar-refractivity contribution in [2.45, 2.75) is 123 Å². The highest BCUT2D eigenvalue weighted by Crippen LogP contribution is 2.59. The standard InChI is InChI=1S/C35H49N5O4/c1-4-29(42)28-17-35-18-30(35)40(28)32(44)20-39-34-25(13-9-8-10-22(2)14-31(43)37-21-35)15-26(16-27(34)33(38-39)23(3)41)36-19-24-11-6-5-7-12-24/h15-16,22,24,28,30,36H,4-14,17-21H2,1-3H3,(H,37,43)/t22-,28+,30-,35+/m1/s1. The molecule has 238 valence electrons. The maximum absolute atomic E-state index is 14.1. The number of amides is 2. The van der Waals surface area contributed by atoms with Crippen molar-refractivity contribution >= 4 is 40.0 Å². The van der Waals surface area contributed by atoms with E-state index in [0.717, 1.165) is 60.8 Å². The van der Waals surface area contributed by atoms with E-state index in [-0.39, 0.29) is 47.3 Å². The first-order chi connectivity index (χ1) is 21.2. The molecule has 2 aliphatic carbocycles. The fourth-order valence-electron chi connectivity index (χ4n) is 8.26. The lowest BCUT2D eigenvalue weighted by Gasteiger charge is -2.26. The average molecular weight is 604 g/mol. The molecule has 9 nitrogen and oxygen atoms in total. The molecule has 2 amide bonds. The van der Waals surface area contributed by atoms with Gasteiger partial charge in [0, 0.05) is 55.4 Å². The van der Waals surface area contributed by atoms with Gasteiger partial charge in [0.05, 0.1) is 11.6 Å². The highest BCUT2D eigenvalue weighted by molar-refractivity contribution is 6.06. The molecule has 3 fully saturated rings. The van der Waals surface area contributed by atoms with Gasteiger partial charge in [-0.05, 0) is 68.1 Å². The van der Waals surface area contributed by atoms with Crippen LogP contribution in [0, 0.1) is 17.3 Å². The van der Waals surface area contributed by atoms with E-state index >= 15 is 0 Å². The Balaban J connectivity index is 1.37. The summed E-state index contributed by atoms with van der Waals surface area (Å²) >= 11 is 0. The van der Waals surface area contributed by atoms with E-state index in [1.807, 2.05) is 13.0 Å². The predicted molar refractivity (Wildman–Crippen MR) is 171 cm³/mol. The lowest BCUT2D eigenvalue weighted by molar-refractivity contribution is -0.139. The monoisotopic (exact) mass is 603 g/mol. The lowest BCUT2D eigenvalue weighted by atomic mass is 9.89. The number of benzene rings is 1. The molecule has 2 aromatic rings. The molecule has 2 bridgehead atoms. The van der Waals surface area contributed by atoms with Crippen molar-refractivity contribution in [2.75, 3.05) is 18.4 Å². The number of rotatable bonds is 6. The third kappa shape index (κ3) is 6.16. The molecule has 4 atom stereocenters. The lowest BCUT2D eigenvalue weighted by Crippen LogP contribution is -2.44. The van der Waals surface area contributed by atoms with E-state index in [2.05, 4.69) is 23.6 Å². The maximum atomic E-state index is 14.1. The molecule has 1 saturated heterocycles. The van der Waals surface area contributed by atoms with Gasteiger partial charge in [0.15, 0.2) is 11.6 Å². The van der Waals surface area contributed by atoms with Crippen LogP contribution < -0.4 is 10.6 Å². The van der Waals surface area contributed by atoms with Crippen LogP contribution >= 0.6 is 0 Å².